The van der Waals surface area contributed by atoms with Gasteiger partial charge in [-0.2, -0.15) is 0 Å². The van der Waals surface area contributed by atoms with E-state index in [9.17, 15) is 9.90 Å². The monoisotopic (exact) mass is 490 g/mol. The highest BCUT2D eigenvalue weighted by molar-refractivity contribution is 5.98. The number of carboxylic acid groups (broad SMARTS) is 1. The van der Waals surface area contributed by atoms with Crippen molar-refractivity contribution in [2.24, 2.45) is 0 Å². The predicted octanol–water partition coefficient (Wildman–Crippen LogP) is 4.71. The fraction of sp³-hybridized carbons (Fsp3) is 0.250. The molecule has 36 heavy (non-hydrogen) atoms. The zero-order chi connectivity index (χ0) is 25.7. The summed E-state index contributed by atoms with van der Waals surface area (Å²) in [5.41, 5.74) is 3.60. The fourth-order valence-electron chi connectivity index (χ4n) is 4.37. The summed E-state index contributed by atoms with van der Waals surface area (Å²) in [7, 11) is 6.45. The molecule has 1 heterocycles. The molecule has 0 unspecified atom stereocenters. The third kappa shape index (κ3) is 5.08. The number of aromatic nitrogens is 1. The standard InChI is InChI=1S/C28H30N2O6/c1-33-20-7-5-18(6-8-20)17-30-25-14-22(35-3)9-11-23(25)24(27(30)28(31)32)16-29-15-19-13-21(34-2)10-12-26(19)36-4/h5-14,29H,15-17H2,1-4H3,(H,31,32). The van der Waals surface area contributed by atoms with Crippen molar-refractivity contribution < 1.29 is 28.8 Å². The number of nitrogens with one attached hydrogen (secondary N) is 1. The third-order valence-corrected chi connectivity index (χ3v) is 6.18. The SMILES string of the molecule is COc1ccc(Cn2c(C(=O)O)c(CNCc3cc(OC)ccc3OC)c3ccc(OC)cc32)cc1. The molecule has 1 aromatic heterocycles. The number of aromatic carboxylic acids is 1. The minimum absolute atomic E-state index is 0.235. The molecular weight excluding hydrogens is 460 g/mol. The zero-order valence-corrected chi connectivity index (χ0v) is 20.8. The minimum Gasteiger partial charge on any atom is -0.497 e. The van der Waals surface area contributed by atoms with Crippen molar-refractivity contribution in [3.05, 3.63) is 83.0 Å². The number of benzene rings is 3. The quantitative estimate of drug-likeness (QED) is 0.315. The average molecular weight is 491 g/mol. The van der Waals surface area contributed by atoms with Gasteiger partial charge in [-0.15, -0.1) is 0 Å². The van der Waals surface area contributed by atoms with E-state index in [-0.39, 0.29) is 5.69 Å². The molecule has 0 radical (unpaired) electrons. The lowest BCUT2D eigenvalue weighted by atomic mass is 10.1. The third-order valence-electron chi connectivity index (χ3n) is 6.18. The highest BCUT2D eigenvalue weighted by atomic mass is 16.5. The van der Waals surface area contributed by atoms with E-state index in [1.807, 2.05) is 65.2 Å². The average Bonchev–Trinajstić information content (AvgIpc) is 3.21. The van der Waals surface area contributed by atoms with Crippen molar-refractivity contribution in [1.29, 1.82) is 0 Å². The Morgan fingerprint density at radius 1 is 0.806 bits per heavy atom. The molecule has 0 fully saturated rings. The van der Waals surface area contributed by atoms with Crippen molar-refractivity contribution >= 4 is 16.9 Å². The molecule has 8 heteroatoms. The Hall–Kier alpha value is -4.17. The van der Waals surface area contributed by atoms with Gasteiger partial charge in [-0.05, 0) is 48.0 Å². The number of hydrogen-bond acceptors (Lipinski definition) is 6. The molecule has 0 amide bonds. The molecule has 4 rings (SSSR count). The van der Waals surface area contributed by atoms with Crippen LogP contribution in [0.25, 0.3) is 10.9 Å². The van der Waals surface area contributed by atoms with Crippen LogP contribution in [-0.4, -0.2) is 44.1 Å². The number of methoxy groups -OCH3 is 4. The highest BCUT2D eigenvalue weighted by Gasteiger charge is 2.23. The lowest BCUT2D eigenvalue weighted by Gasteiger charge is -2.12. The molecule has 0 aliphatic rings. The van der Waals surface area contributed by atoms with Crippen molar-refractivity contribution in [2.75, 3.05) is 28.4 Å². The van der Waals surface area contributed by atoms with Crippen LogP contribution in [0, 0.1) is 0 Å². The van der Waals surface area contributed by atoms with Gasteiger partial charge in [0.05, 0.1) is 34.0 Å². The molecule has 0 saturated carbocycles. The van der Waals surface area contributed by atoms with Gasteiger partial charge < -0.3 is 33.9 Å². The second kappa shape index (κ2) is 11.0. The van der Waals surface area contributed by atoms with Gasteiger partial charge in [0.15, 0.2) is 0 Å². The number of fused-ring (bicyclic) bond motifs is 1. The van der Waals surface area contributed by atoms with Crippen LogP contribution in [0.4, 0.5) is 0 Å². The molecule has 188 valence electrons. The molecule has 0 spiro atoms. The Kier molecular flexibility index (Phi) is 7.65. The first-order chi connectivity index (χ1) is 17.5. The van der Waals surface area contributed by atoms with Crippen molar-refractivity contribution in [3.8, 4) is 23.0 Å². The molecule has 8 nitrogen and oxygen atoms in total. The molecule has 0 saturated heterocycles. The van der Waals surface area contributed by atoms with E-state index in [2.05, 4.69) is 5.32 Å². The number of ether oxygens (including phenoxy) is 4. The summed E-state index contributed by atoms with van der Waals surface area (Å²) >= 11 is 0. The summed E-state index contributed by atoms with van der Waals surface area (Å²) in [5, 5.41) is 14.5. The van der Waals surface area contributed by atoms with E-state index in [0.29, 0.717) is 30.9 Å². The van der Waals surface area contributed by atoms with E-state index >= 15 is 0 Å². The Morgan fingerprint density at radius 2 is 1.44 bits per heavy atom. The number of carbonyl (C=O) groups is 1. The molecule has 2 N–H and O–H groups in total. The van der Waals surface area contributed by atoms with E-state index < -0.39 is 5.97 Å². The van der Waals surface area contributed by atoms with Crippen LogP contribution in [0.3, 0.4) is 0 Å². The number of carboxylic acids is 1. The van der Waals surface area contributed by atoms with E-state index in [1.165, 1.54) is 0 Å². The molecule has 0 aliphatic heterocycles. The van der Waals surface area contributed by atoms with Gasteiger partial charge in [-0.1, -0.05) is 12.1 Å². The van der Waals surface area contributed by atoms with Crippen LogP contribution in [0.5, 0.6) is 23.0 Å². The van der Waals surface area contributed by atoms with Crippen LogP contribution in [0.15, 0.2) is 60.7 Å². The topological polar surface area (TPSA) is 91.2 Å². The smallest absolute Gasteiger partial charge is 0.352 e. The summed E-state index contributed by atoms with van der Waals surface area (Å²) in [6.45, 7) is 1.21. The van der Waals surface area contributed by atoms with Gasteiger partial charge in [-0.25, -0.2) is 4.79 Å². The van der Waals surface area contributed by atoms with Gasteiger partial charge in [0.25, 0.3) is 0 Å². The Labute approximate surface area is 210 Å². The summed E-state index contributed by atoms with van der Waals surface area (Å²) in [5.74, 6) is 1.87. The van der Waals surface area contributed by atoms with Gasteiger partial charge in [0, 0.05) is 42.2 Å². The Morgan fingerprint density at radius 3 is 2.08 bits per heavy atom. The zero-order valence-electron chi connectivity index (χ0n) is 20.8. The second-order valence-corrected chi connectivity index (χ2v) is 8.23. The predicted molar refractivity (Wildman–Crippen MR) is 138 cm³/mol. The van der Waals surface area contributed by atoms with Crippen LogP contribution >= 0.6 is 0 Å². The fourth-order valence-corrected chi connectivity index (χ4v) is 4.37. The summed E-state index contributed by atoms with van der Waals surface area (Å²) in [6.07, 6.45) is 0. The summed E-state index contributed by atoms with van der Waals surface area (Å²) in [6, 6.07) is 18.8. The first kappa shape index (κ1) is 24.9. The Balaban J connectivity index is 1.71. The molecular formula is C28H30N2O6. The number of rotatable bonds is 11. The maximum atomic E-state index is 12.5. The van der Waals surface area contributed by atoms with Crippen molar-refractivity contribution in [3.63, 3.8) is 0 Å². The summed E-state index contributed by atoms with van der Waals surface area (Å²) in [4.78, 5) is 12.5. The molecule has 3 aromatic carbocycles. The van der Waals surface area contributed by atoms with Crippen LogP contribution < -0.4 is 24.3 Å². The number of hydrogen-bond donors (Lipinski definition) is 2. The van der Waals surface area contributed by atoms with E-state index in [1.54, 1.807) is 28.4 Å². The minimum atomic E-state index is -0.991. The summed E-state index contributed by atoms with van der Waals surface area (Å²) < 4.78 is 23.3. The van der Waals surface area contributed by atoms with Crippen molar-refractivity contribution in [2.45, 2.75) is 19.6 Å². The molecule has 0 bridgehead atoms. The van der Waals surface area contributed by atoms with Crippen molar-refractivity contribution in [1.82, 2.24) is 9.88 Å². The van der Waals surface area contributed by atoms with Crippen LogP contribution in [0.2, 0.25) is 0 Å². The Bertz CT molecular complexity index is 1360. The lowest BCUT2D eigenvalue weighted by Crippen LogP contribution is -2.17. The van der Waals surface area contributed by atoms with Gasteiger partial charge in [0.1, 0.15) is 28.7 Å². The van der Waals surface area contributed by atoms with Gasteiger partial charge in [-0.3, -0.25) is 0 Å². The largest absolute Gasteiger partial charge is 0.497 e. The van der Waals surface area contributed by atoms with Gasteiger partial charge in [0.2, 0.25) is 0 Å². The number of nitrogens with zero attached hydrogens (tertiary/aromatic N) is 1. The first-order valence-corrected chi connectivity index (χ1v) is 11.5. The maximum Gasteiger partial charge on any atom is 0.352 e. The lowest BCUT2D eigenvalue weighted by molar-refractivity contribution is 0.0684. The van der Waals surface area contributed by atoms with Crippen LogP contribution in [-0.2, 0) is 19.6 Å². The van der Waals surface area contributed by atoms with Crippen LogP contribution in [0.1, 0.15) is 27.2 Å². The maximum absolute atomic E-state index is 12.5. The molecule has 4 aromatic rings. The second-order valence-electron chi connectivity index (χ2n) is 8.23. The normalized spacial score (nSPS) is 10.9. The first-order valence-electron chi connectivity index (χ1n) is 11.5. The van der Waals surface area contributed by atoms with E-state index in [0.717, 1.165) is 39.3 Å². The van der Waals surface area contributed by atoms with Gasteiger partial charge >= 0.3 is 5.97 Å². The highest BCUT2D eigenvalue weighted by Crippen LogP contribution is 2.31. The van der Waals surface area contributed by atoms with E-state index in [4.69, 9.17) is 18.9 Å². The molecule has 0 atom stereocenters. The molecule has 0 aliphatic carbocycles.